The second-order valence-corrected chi connectivity index (χ2v) is 4.75. The van der Waals surface area contributed by atoms with Gasteiger partial charge in [-0.3, -0.25) is 9.59 Å². The van der Waals surface area contributed by atoms with Crippen molar-refractivity contribution in [3.05, 3.63) is 0 Å². The predicted octanol–water partition coefficient (Wildman–Crippen LogP) is -0.238. The zero-order valence-electron chi connectivity index (χ0n) is 9.62. The van der Waals surface area contributed by atoms with E-state index in [0.717, 1.165) is 39.0 Å². The zero-order chi connectivity index (χ0) is 11.6. The third-order valence-electron chi connectivity index (χ3n) is 3.59. The van der Waals surface area contributed by atoms with Crippen LogP contribution in [0.25, 0.3) is 0 Å². The molecule has 1 spiro atoms. The van der Waals surface area contributed by atoms with Gasteiger partial charge in [-0.2, -0.15) is 0 Å². The summed E-state index contributed by atoms with van der Waals surface area (Å²) in [6.45, 7) is 3.70. The largest absolute Gasteiger partial charge is 0.469 e. The van der Waals surface area contributed by atoms with Crippen LogP contribution in [0.1, 0.15) is 19.3 Å². The number of carbonyl (C=O) groups excluding carboxylic acids is 2. The van der Waals surface area contributed by atoms with Gasteiger partial charge in [0.2, 0.25) is 5.91 Å². The molecule has 0 aromatic heterocycles. The number of rotatable bonds is 2. The van der Waals surface area contributed by atoms with E-state index in [1.54, 1.807) is 4.90 Å². The number of carbonyl (C=O) groups is 2. The summed E-state index contributed by atoms with van der Waals surface area (Å²) >= 11 is 0. The lowest BCUT2D eigenvalue weighted by molar-refractivity contribution is -0.153. The topological polar surface area (TPSA) is 58.6 Å². The normalized spacial score (nSPS) is 22.7. The molecule has 5 heteroatoms. The van der Waals surface area contributed by atoms with Gasteiger partial charge in [0.1, 0.15) is 6.42 Å². The molecule has 1 amide bonds. The molecule has 16 heavy (non-hydrogen) atoms. The van der Waals surface area contributed by atoms with E-state index < -0.39 is 5.97 Å². The van der Waals surface area contributed by atoms with E-state index in [0.29, 0.717) is 5.41 Å². The molecule has 1 N–H and O–H groups in total. The Kier molecular flexibility index (Phi) is 3.14. The summed E-state index contributed by atoms with van der Waals surface area (Å²) in [5.74, 6) is -0.549. The van der Waals surface area contributed by atoms with Gasteiger partial charge < -0.3 is 15.0 Å². The first-order valence-electron chi connectivity index (χ1n) is 5.71. The van der Waals surface area contributed by atoms with E-state index in [4.69, 9.17) is 0 Å². The number of methoxy groups -OCH3 is 1. The molecular formula is C11H18N2O3. The molecule has 0 bridgehead atoms. The van der Waals surface area contributed by atoms with Gasteiger partial charge in [0, 0.05) is 18.5 Å². The Hall–Kier alpha value is -1.10. The standard InChI is InChI=1S/C11H18N2O3/c1-16-10(15)6-9(14)13-7-11(8-13)2-4-12-5-3-11/h12H,2-8H2,1H3. The van der Waals surface area contributed by atoms with Crippen LogP contribution in [0.5, 0.6) is 0 Å². The molecule has 0 radical (unpaired) electrons. The van der Waals surface area contributed by atoms with Crippen LogP contribution in [0.15, 0.2) is 0 Å². The van der Waals surface area contributed by atoms with Gasteiger partial charge >= 0.3 is 5.97 Å². The Morgan fingerprint density at radius 3 is 2.50 bits per heavy atom. The SMILES string of the molecule is COC(=O)CC(=O)N1CC2(CCNCC2)C1. The second-order valence-electron chi connectivity index (χ2n) is 4.75. The highest BCUT2D eigenvalue weighted by Crippen LogP contribution is 2.38. The van der Waals surface area contributed by atoms with Gasteiger partial charge in [-0.1, -0.05) is 0 Å². The summed E-state index contributed by atoms with van der Waals surface area (Å²) in [4.78, 5) is 24.4. The Morgan fingerprint density at radius 1 is 1.31 bits per heavy atom. The fourth-order valence-electron chi connectivity index (χ4n) is 2.52. The van der Waals surface area contributed by atoms with Crippen molar-refractivity contribution in [1.29, 1.82) is 0 Å². The maximum atomic E-state index is 11.6. The number of nitrogens with one attached hydrogen (secondary N) is 1. The smallest absolute Gasteiger partial charge is 0.315 e. The van der Waals surface area contributed by atoms with E-state index in [9.17, 15) is 9.59 Å². The van der Waals surface area contributed by atoms with Crippen molar-refractivity contribution in [3.63, 3.8) is 0 Å². The third-order valence-corrected chi connectivity index (χ3v) is 3.59. The minimum Gasteiger partial charge on any atom is -0.469 e. The highest BCUT2D eigenvalue weighted by atomic mass is 16.5. The number of likely N-dealkylation sites (tertiary alicyclic amines) is 1. The van der Waals surface area contributed by atoms with E-state index >= 15 is 0 Å². The molecule has 0 atom stereocenters. The minimum atomic E-state index is -0.448. The summed E-state index contributed by atoms with van der Waals surface area (Å²) in [5.41, 5.74) is 0.330. The van der Waals surface area contributed by atoms with Crippen LogP contribution in [0, 0.1) is 5.41 Å². The molecule has 2 aliphatic rings. The first-order valence-corrected chi connectivity index (χ1v) is 5.71. The van der Waals surface area contributed by atoms with Gasteiger partial charge in [-0.25, -0.2) is 0 Å². The van der Waals surface area contributed by atoms with Gasteiger partial charge in [-0.15, -0.1) is 0 Å². The third kappa shape index (κ3) is 2.19. The lowest BCUT2D eigenvalue weighted by Crippen LogP contribution is -2.61. The summed E-state index contributed by atoms with van der Waals surface area (Å²) in [5, 5.41) is 3.32. The van der Waals surface area contributed by atoms with E-state index in [2.05, 4.69) is 10.1 Å². The molecule has 0 aliphatic carbocycles. The molecule has 0 aromatic carbocycles. The molecule has 0 unspecified atom stereocenters. The number of ether oxygens (including phenoxy) is 1. The summed E-state index contributed by atoms with van der Waals surface area (Å²) in [6.07, 6.45) is 2.15. The van der Waals surface area contributed by atoms with E-state index in [1.165, 1.54) is 7.11 Å². The summed E-state index contributed by atoms with van der Waals surface area (Å²) in [7, 11) is 1.31. The second kappa shape index (κ2) is 4.41. The quantitative estimate of drug-likeness (QED) is 0.521. The highest BCUT2D eigenvalue weighted by Gasteiger charge is 2.45. The van der Waals surface area contributed by atoms with Gasteiger partial charge in [0.15, 0.2) is 0 Å². The molecule has 2 rings (SSSR count). The monoisotopic (exact) mass is 226 g/mol. The molecule has 5 nitrogen and oxygen atoms in total. The van der Waals surface area contributed by atoms with Crippen LogP contribution in [-0.4, -0.2) is 50.1 Å². The molecule has 0 aromatic rings. The average Bonchev–Trinajstić information content (AvgIpc) is 2.26. The molecule has 2 heterocycles. The first-order chi connectivity index (χ1) is 7.65. The molecule has 2 fully saturated rings. The Morgan fingerprint density at radius 2 is 1.94 bits per heavy atom. The molecule has 90 valence electrons. The van der Waals surface area contributed by atoms with Crippen molar-refractivity contribution in [3.8, 4) is 0 Å². The number of nitrogens with zero attached hydrogens (tertiary/aromatic N) is 1. The Bertz CT molecular complexity index is 290. The zero-order valence-corrected chi connectivity index (χ0v) is 9.62. The van der Waals surface area contributed by atoms with Crippen molar-refractivity contribution in [2.24, 2.45) is 5.41 Å². The maximum absolute atomic E-state index is 11.6. The lowest BCUT2D eigenvalue weighted by Gasteiger charge is -2.52. The average molecular weight is 226 g/mol. The number of esters is 1. The van der Waals surface area contributed by atoms with Crippen LogP contribution in [0.2, 0.25) is 0 Å². The van der Waals surface area contributed by atoms with Crippen molar-refractivity contribution >= 4 is 11.9 Å². The van der Waals surface area contributed by atoms with Crippen LogP contribution in [-0.2, 0) is 14.3 Å². The Labute approximate surface area is 95.1 Å². The fraction of sp³-hybridized carbons (Fsp3) is 0.818. The van der Waals surface area contributed by atoms with Gasteiger partial charge in [0.25, 0.3) is 0 Å². The lowest BCUT2D eigenvalue weighted by atomic mass is 9.72. The van der Waals surface area contributed by atoms with Crippen molar-refractivity contribution in [1.82, 2.24) is 10.2 Å². The van der Waals surface area contributed by atoms with Gasteiger partial charge in [0.05, 0.1) is 7.11 Å². The summed E-state index contributed by atoms with van der Waals surface area (Å²) in [6, 6.07) is 0. The highest BCUT2D eigenvalue weighted by molar-refractivity contribution is 5.94. The molecule has 2 saturated heterocycles. The van der Waals surface area contributed by atoms with Crippen LogP contribution in [0.3, 0.4) is 0 Å². The molecule has 0 saturated carbocycles. The number of amides is 1. The number of hydrogen-bond acceptors (Lipinski definition) is 4. The summed E-state index contributed by atoms with van der Waals surface area (Å²) < 4.78 is 4.48. The molecule has 2 aliphatic heterocycles. The van der Waals surface area contributed by atoms with E-state index in [-0.39, 0.29) is 12.3 Å². The van der Waals surface area contributed by atoms with Gasteiger partial charge in [-0.05, 0) is 25.9 Å². The van der Waals surface area contributed by atoms with Crippen molar-refractivity contribution in [2.75, 3.05) is 33.3 Å². The maximum Gasteiger partial charge on any atom is 0.315 e. The van der Waals surface area contributed by atoms with Crippen molar-refractivity contribution < 1.29 is 14.3 Å². The van der Waals surface area contributed by atoms with Crippen LogP contribution in [0.4, 0.5) is 0 Å². The predicted molar refractivity (Wildman–Crippen MR) is 57.7 cm³/mol. The van der Waals surface area contributed by atoms with Crippen LogP contribution >= 0.6 is 0 Å². The molecular weight excluding hydrogens is 208 g/mol. The Balaban J connectivity index is 1.78. The number of hydrogen-bond donors (Lipinski definition) is 1. The van der Waals surface area contributed by atoms with E-state index in [1.807, 2.05) is 0 Å². The first kappa shape index (κ1) is 11.4. The number of piperidine rings is 1. The minimum absolute atomic E-state index is 0.101. The van der Waals surface area contributed by atoms with Crippen molar-refractivity contribution in [2.45, 2.75) is 19.3 Å². The fourth-order valence-corrected chi connectivity index (χ4v) is 2.52. The van der Waals surface area contributed by atoms with Crippen LogP contribution < -0.4 is 5.32 Å².